The molecule has 0 radical (unpaired) electrons. The first-order valence-corrected chi connectivity index (χ1v) is 11.1. The van der Waals surface area contributed by atoms with Crippen LogP contribution < -0.4 is 9.47 Å². The van der Waals surface area contributed by atoms with Crippen molar-refractivity contribution in [3.05, 3.63) is 57.6 Å². The van der Waals surface area contributed by atoms with Gasteiger partial charge in [-0.25, -0.2) is 8.42 Å². The van der Waals surface area contributed by atoms with E-state index >= 15 is 0 Å². The molecule has 2 aromatic rings. The van der Waals surface area contributed by atoms with Crippen molar-refractivity contribution in [2.24, 2.45) is 0 Å². The van der Waals surface area contributed by atoms with Crippen molar-refractivity contribution in [1.82, 2.24) is 4.31 Å². The zero-order valence-electron chi connectivity index (χ0n) is 16.0. The summed E-state index contributed by atoms with van der Waals surface area (Å²) < 4.78 is 42.9. The molecule has 0 aliphatic carbocycles. The molecule has 1 aliphatic heterocycles. The molecule has 30 heavy (non-hydrogen) atoms. The van der Waals surface area contributed by atoms with Crippen LogP contribution in [0.2, 0.25) is 5.02 Å². The van der Waals surface area contributed by atoms with Crippen LogP contribution in [0.25, 0.3) is 0 Å². The van der Waals surface area contributed by atoms with E-state index in [1.54, 1.807) is 24.3 Å². The van der Waals surface area contributed by atoms with Gasteiger partial charge in [0.2, 0.25) is 10.0 Å². The minimum absolute atomic E-state index is 0.00687. The van der Waals surface area contributed by atoms with Gasteiger partial charge in [-0.3, -0.25) is 10.1 Å². The first-order valence-electron chi connectivity index (χ1n) is 9.25. The maximum atomic E-state index is 12.7. The molecule has 1 heterocycles. The molecule has 0 unspecified atom stereocenters. The predicted octanol–water partition coefficient (Wildman–Crippen LogP) is 3.12. The molecule has 0 amide bonds. The quantitative estimate of drug-likeness (QED) is 0.324. The number of sulfonamides is 1. The zero-order valence-corrected chi connectivity index (χ0v) is 17.6. The lowest BCUT2D eigenvalue weighted by atomic mass is 10.3. The van der Waals surface area contributed by atoms with Crippen LogP contribution in [0.1, 0.15) is 6.42 Å². The van der Waals surface area contributed by atoms with Crippen molar-refractivity contribution in [2.45, 2.75) is 11.3 Å². The summed E-state index contributed by atoms with van der Waals surface area (Å²) in [7, 11) is -3.83. The van der Waals surface area contributed by atoms with Crippen LogP contribution in [0.15, 0.2) is 47.4 Å². The minimum Gasteiger partial charge on any atom is -0.493 e. The summed E-state index contributed by atoms with van der Waals surface area (Å²) in [6.07, 6.45) is 0.480. The van der Waals surface area contributed by atoms with E-state index in [2.05, 4.69) is 0 Å². The fourth-order valence-corrected chi connectivity index (χ4v) is 4.37. The fraction of sp³-hybridized carbons (Fsp3) is 0.368. The third-order valence-corrected chi connectivity index (χ3v) is 6.51. The van der Waals surface area contributed by atoms with E-state index in [1.807, 2.05) is 0 Å². The molecule has 0 aromatic heterocycles. The van der Waals surface area contributed by atoms with E-state index in [9.17, 15) is 18.5 Å². The molecule has 0 bridgehead atoms. The summed E-state index contributed by atoms with van der Waals surface area (Å²) in [4.78, 5) is 10.6. The second-order valence-corrected chi connectivity index (χ2v) is 8.78. The Labute approximate surface area is 179 Å². The molecule has 162 valence electrons. The fourth-order valence-electron chi connectivity index (χ4n) is 2.82. The van der Waals surface area contributed by atoms with E-state index in [0.717, 1.165) is 6.07 Å². The van der Waals surface area contributed by atoms with Crippen molar-refractivity contribution in [1.29, 1.82) is 0 Å². The lowest BCUT2D eigenvalue weighted by Gasteiger charge is -2.26. The summed E-state index contributed by atoms with van der Waals surface area (Å²) in [5.74, 6) is 0.662. The molecule has 11 heteroatoms. The van der Waals surface area contributed by atoms with E-state index in [1.165, 1.54) is 16.4 Å². The monoisotopic (exact) mass is 456 g/mol. The topological polar surface area (TPSA) is 108 Å². The van der Waals surface area contributed by atoms with E-state index < -0.39 is 20.6 Å². The van der Waals surface area contributed by atoms with Crippen LogP contribution in [0.5, 0.6) is 11.5 Å². The Balaban J connectivity index is 1.61. The van der Waals surface area contributed by atoms with Gasteiger partial charge in [-0.15, -0.1) is 0 Å². The molecule has 1 aliphatic rings. The largest absolute Gasteiger partial charge is 0.493 e. The van der Waals surface area contributed by atoms with Crippen LogP contribution in [-0.2, 0) is 14.8 Å². The van der Waals surface area contributed by atoms with Gasteiger partial charge in [0.05, 0.1) is 36.2 Å². The number of hydrogen-bond acceptors (Lipinski definition) is 7. The third-order valence-electron chi connectivity index (χ3n) is 4.36. The average molecular weight is 457 g/mol. The maximum absolute atomic E-state index is 12.7. The standard InChI is InChI=1S/C19H21ClN2O7S/c20-15-2-4-16(5-3-15)28-10-1-11-29-19-7-6-17(14-18(19)22(23)24)30(25,26)21-8-12-27-13-9-21/h2-7,14H,1,8-13H2. The number of hydrogen-bond donors (Lipinski definition) is 0. The van der Waals surface area contributed by atoms with Crippen LogP contribution in [-0.4, -0.2) is 57.2 Å². The summed E-state index contributed by atoms with van der Waals surface area (Å²) in [6.45, 7) is 1.52. The summed E-state index contributed by atoms with van der Waals surface area (Å²) >= 11 is 5.81. The SMILES string of the molecule is O=[N+]([O-])c1cc(S(=O)(=O)N2CCOCC2)ccc1OCCCOc1ccc(Cl)cc1. The van der Waals surface area contributed by atoms with Gasteiger partial charge in [-0.05, 0) is 36.4 Å². The normalized spacial score (nSPS) is 15.0. The Morgan fingerprint density at radius 2 is 1.73 bits per heavy atom. The highest BCUT2D eigenvalue weighted by Crippen LogP contribution is 2.31. The maximum Gasteiger partial charge on any atom is 0.312 e. The molecule has 3 rings (SSSR count). The van der Waals surface area contributed by atoms with Crippen LogP contribution in [0, 0.1) is 10.1 Å². The molecule has 1 fully saturated rings. The van der Waals surface area contributed by atoms with Gasteiger partial charge in [-0.2, -0.15) is 4.31 Å². The van der Waals surface area contributed by atoms with Crippen molar-refractivity contribution in [2.75, 3.05) is 39.5 Å². The van der Waals surface area contributed by atoms with Gasteiger partial charge in [0.1, 0.15) is 5.75 Å². The Hall–Kier alpha value is -2.40. The average Bonchev–Trinajstić information content (AvgIpc) is 2.75. The summed E-state index contributed by atoms with van der Waals surface area (Å²) in [5, 5.41) is 12.0. The van der Waals surface area contributed by atoms with E-state index in [0.29, 0.717) is 37.0 Å². The first-order chi connectivity index (χ1) is 14.4. The van der Waals surface area contributed by atoms with Gasteiger partial charge in [0.25, 0.3) is 0 Å². The van der Waals surface area contributed by atoms with Gasteiger partial charge < -0.3 is 14.2 Å². The number of nitrogens with zero attached hydrogens (tertiary/aromatic N) is 2. The Morgan fingerprint density at radius 1 is 1.07 bits per heavy atom. The highest BCUT2D eigenvalue weighted by molar-refractivity contribution is 7.89. The number of rotatable bonds is 9. The van der Waals surface area contributed by atoms with Gasteiger partial charge in [-0.1, -0.05) is 11.6 Å². The second-order valence-electron chi connectivity index (χ2n) is 6.41. The number of morpholine rings is 1. The summed E-state index contributed by atoms with van der Waals surface area (Å²) in [6, 6.07) is 10.6. The van der Waals surface area contributed by atoms with Crippen LogP contribution >= 0.6 is 11.6 Å². The third kappa shape index (κ3) is 5.60. The predicted molar refractivity (Wildman–Crippen MR) is 110 cm³/mol. The van der Waals surface area contributed by atoms with Crippen molar-refractivity contribution in [3.63, 3.8) is 0 Å². The number of nitro benzene ring substituents is 1. The lowest BCUT2D eigenvalue weighted by molar-refractivity contribution is -0.386. The van der Waals surface area contributed by atoms with E-state index in [4.69, 9.17) is 25.8 Å². The molecule has 0 atom stereocenters. The molecule has 1 saturated heterocycles. The molecular weight excluding hydrogens is 436 g/mol. The van der Waals surface area contributed by atoms with Gasteiger partial charge >= 0.3 is 5.69 Å². The first kappa shape index (κ1) is 22.3. The summed E-state index contributed by atoms with van der Waals surface area (Å²) in [5.41, 5.74) is -0.400. The lowest BCUT2D eigenvalue weighted by Crippen LogP contribution is -2.40. The van der Waals surface area contributed by atoms with Crippen LogP contribution in [0.4, 0.5) is 5.69 Å². The highest BCUT2D eigenvalue weighted by atomic mass is 35.5. The number of nitro groups is 1. The highest BCUT2D eigenvalue weighted by Gasteiger charge is 2.29. The Bertz CT molecular complexity index is 977. The molecular formula is C19H21ClN2O7S. The Kier molecular flexibility index (Phi) is 7.48. The molecule has 0 saturated carbocycles. The number of halogens is 1. The zero-order chi connectivity index (χ0) is 21.6. The van der Waals surface area contributed by atoms with Crippen LogP contribution in [0.3, 0.4) is 0 Å². The van der Waals surface area contributed by atoms with Gasteiger partial charge in [0.15, 0.2) is 5.75 Å². The van der Waals surface area contributed by atoms with Crippen molar-refractivity contribution < 1.29 is 27.6 Å². The Morgan fingerprint density at radius 3 is 2.40 bits per heavy atom. The molecule has 0 spiro atoms. The minimum atomic E-state index is -3.83. The molecule has 9 nitrogen and oxygen atoms in total. The van der Waals surface area contributed by atoms with Crippen molar-refractivity contribution in [3.8, 4) is 11.5 Å². The smallest absolute Gasteiger partial charge is 0.312 e. The second kappa shape index (κ2) is 10.1. The van der Waals surface area contributed by atoms with E-state index in [-0.39, 0.29) is 30.3 Å². The molecule has 0 N–H and O–H groups in total. The number of benzene rings is 2. The van der Waals surface area contributed by atoms with Crippen molar-refractivity contribution >= 4 is 27.3 Å². The molecule has 2 aromatic carbocycles. The van der Waals surface area contributed by atoms with Gasteiger partial charge in [0, 0.05) is 30.6 Å². The number of ether oxygens (including phenoxy) is 3.